The van der Waals surface area contributed by atoms with Crippen LogP contribution in [-0.2, 0) is 14.3 Å². The van der Waals surface area contributed by atoms with Crippen molar-refractivity contribution >= 4 is 39.7 Å². The summed E-state index contributed by atoms with van der Waals surface area (Å²) in [6.45, 7) is 4.26. The maximum atomic E-state index is 14.2. The van der Waals surface area contributed by atoms with Crippen LogP contribution in [0.1, 0.15) is 74.9 Å². The van der Waals surface area contributed by atoms with Crippen molar-refractivity contribution in [3.63, 3.8) is 0 Å². The quantitative estimate of drug-likeness (QED) is 0.120. The Hall–Kier alpha value is -6.01. The highest BCUT2D eigenvalue weighted by Gasteiger charge is 2.50. The first-order valence-electron chi connectivity index (χ1n) is 20.0. The van der Waals surface area contributed by atoms with E-state index in [0.717, 1.165) is 87.1 Å². The number of hydrogen-bond acceptors (Lipinski definition) is 7. The summed E-state index contributed by atoms with van der Waals surface area (Å²) in [5.74, 6) is 2.20. The summed E-state index contributed by atoms with van der Waals surface area (Å²) in [6, 6.07) is 28.5. The SMILES string of the molecule is CN[C@@H](C(=O)N1[C@H](C)C(C)C[C@H]1c1nc2ccc3cc(-c4ccc(-c5cnc([C@@H]6[C@H]7CC[C@H](C7)N6C(=O)CNC(=O)OC)[nH]5)cc4)ccc3c2[nH]1)c1ccccc1. The number of carbonyl (C=O) groups excluding carboxylic acids is 3. The minimum absolute atomic E-state index is 0.0603. The summed E-state index contributed by atoms with van der Waals surface area (Å²) in [4.78, 5) is 60.0. The van der Waals surface area contributed by atoms with Gasteiger partial charge in [0.25, 0.3) is 0 Å². The molecule has 2 saturated heterocycles. The van der Waals surface area contributed by atoms with E-state index < -0.39 is 12.1 Å². The van der Waals surface area contributed by atoms with Gasteiger partial charge in [0, 0.05) is 17.5 Å². The smallest absolute Gasteiger partial charge is 0.407 e. The van der Waals surface area contributed by atoms with Gasteiger partial charge in [0.15, 0.2) is 0 Å². The van der Waals surface area contributed by atoms with Gasteiger partial charge in [0.2, 0.25) is 11.8 Å². The average Bonchev–Trinajstić information content (AvgIpc) is 4.09. The van der Waals surface area contributed by atoms with Crippen molar-refractivity contribution in [3.05, 3.63) is 108 Å². The molecule has 292 valence electrons. The Morgan fingerprint density at radius 3 is 2.42 bits per heavy atom. The number of aromatic nitrogens is 4. The van der Waals surface area contributed by atoms with Gasteiger partial charge in [0.05, 0.1) is 42.1 Å². The summed E-state index contributed by atoms with van der Waals surface area (Å²) in [6.07, 6.45) is 5.04. The molecule has 57 heavy (non-hydrogen) atoms. The van der Waals surface area contributed by atoms with Crippen molar-refractivity contribution < 1.29 is 19.1 Å². The molecule has 4 aromatic carbocycles. The second-order valence-electron chi connectivity index (χ2n) is 15.9. The van der Waals surface area contributed by atoms with Crippen LogP contribution in [-0.4, -0.2) is 80.4 Å². The largest absolute Gasteiger partial charge is 0.453 e. The Kier molecular flexibility index (Phi) is 9.52. The molecule has 4 heterocycles. The lowest BCUT2D eigenvalue weighted by atomic mass is 9.98. The first-order valence-corrected chi connectivity index (χ1v) is 20.0. The molecule has 1 aliphatic carbocycles. The topological polar surface area (TPSA) is 148 Å². The van der Waals surface area contributed by atoms with E-state index in [2.05, 4.69) is 93.8 Å². The number of amides is 3. The highest BCUT2D eigenvalue weighted by Crippen LogP contribution is 2.50. The lowest BCUT2D eigenvalue weighted by molar-refractivity contribution is -0.137. The number of H-pyrrole nitrogens is 2. The van der Waals surface area contributed by atoms with E-state index in [1.807, 2.05) is 53.4 Å². The van der Waals surface area contributed by atoms with Crippen LogP contribution < -0.4 is 10.6 Å². The van der Waals surface area contributed by atoms with Gasteiger partial charge in [-0.25, -0.2) is 14.8 Å². The van der Waals surface area contributed by atoms with E-state index in [-0.39, 0.29) is 42.5 Å². The predicted octanol–water partition coefficient (Wildman–Crippen LogP) is 7.44. The number of hydrogen-bond donors (Lipinski definition) is 4. The Morgan fingerprint density at radius 1 is 0.877 bits per heavy atom. The number of ether oxygens (including phenoxy) is 1. The standard InChI is InChI=1S/C45H48N8O4/c1-25-20-37(52(26(25)2)44(55)39(46-3)29-8-6-5-7-9-29)42-49-35-19-16-31-21-30(15-18-34(31)40(35)51-42)27-10-12-28(13-11-27)36-23-47-43(50-36)41-32-14-17-33(22-32)53(41)38(54)24-48-45(56)57-4/h5-13,15-16,18-19,21,23,25-26,32-33,37,39,41,46H,14,17,20,22,24H2,1-4H3,(H,47,50)(H,48,56)(H,49,51)/t25?,26-,32+,33-,37+,39-,41+/m1/s1. The van der Waals surface area contributed by atoms with Crippen LogP contribution in [0.5, 0.6) is 0 Å². The third kappa shape index (κ3) is 6.51. The van der Waals surface area contributed by atoms with Crippen LogP contribution in [0.15, 0.2) is 91.1 Å². The number of fused-ring (bicyclic) bond motifs is 5. The number of imidazole rings is 2. The fraction of sp³-hybridized carbons (Fsp3) is 0.356. The number of piperidine rings is 1. The molecule has 3 fully saturated rings. The predicted molar refractivity (Wildman–Crippen MR) is 219 cm³/mol. The molecule has 3 aliphatic rings. The number of carbonyl (C=O) groups is 3. The lowest BCUT2D eigenvalue weighted by Gasteiger charge is -2.34. The van der Waals surface area contributed by atoms with Gasteiger partial charge in [-0.05, 0) is 91.3 Å². The Morgan fingerprint density at radius 2 is 1.65 bits per heavy atom. The summed E-state index contributed by atoms with van der Waals surface area (Å²) < 4.78 is 4.66. The van der Waals surface area contributed by atoms with Crippen LogP contribution in [0.3, 0.4) is 0 Å². The summed E-state index contributed by atoms with van der Waals surface area (Å²) in [7, 11) is 3.13. The maximum absolute atomic E-state index is 14.2. The molecule has 1 saturated carbocycles. The Balaban J connectivity index is 0.939. The maximum Gasteiger partial charge on any atom is 0.407 e. The van der Waals surface area contributed by atoms with E-state index >= 15 is 0 Å². The van der Waals surface area contributed by atoms with Gasteiger partial charge < -0.3 is 35.1 Å². The highest BCUT2D eigenvalue weighted by molar-refractivity contribution is 6.05. The summed E-state index contributed by atoms with van der Waals surface area (Å²) >= 11 is 0. The molecule has 12 nitrogen and oxygen atoms in total. The van der Waals surface area contributed by atoms with Gasteiger partial charge in [-0.2, -0.15) is 0 Å². The molecular formula is C45H48N8O4. The van der Waals surface area contributed by atoms with E-state index in [1.165, 1.54) is 7.11 Å². The highest BCUT2D eigenvalue weighted by atomic mass is 16.5. The number of likely N-dealkylation sites (N-methyl/N-ethyl adjacent to an activating group) is 1. The first-order chi connectivity index (χ1) is 27.7. The van der Waals surface area contributed by atoms with Gasteiger partial charge in [-0.3, -0.25) is 9.59 Å². The van der Waals surface area contributed by atoms with Crippen molar-refractivity contribution in [2.75, 3.05) is 20.7 Å². The number of likely N-dealkylation sites (tertiary alicyclic amines) is 2. The Labute approximate surface area is 331 Å². The molecule has 12 heteroatoms. The van der Waals surface area contributed by atoms with Crippen molar-refractivity contribution in [2.45, 2.75) is 69.7 Å². The number of methoxy groups -OCH3 is 1. The van der Waals surface area contributed by atoms with E-state index in [9.17, 15) is 14.4 Å². The fourth-order valence-corrected chi connectivity index (χ4v) is 9.70. The Bertz CT molecular complexity index is 2460. The van der Waals surface area contributed by atoms with E-state index in [1.54, 1.807) is 0 Å². The second-order valence-corrected chi connectivity index (χ2v) is 15.9. The van der Waals surface area contributed by atoms with Crippen LogP contribution in [0.4, 0.5) is 4.79 Å². The first kappa shape index (κ1) is 36.6. The zero-order valence-electron chi connectivity index (χ0n) is 32.7. The minimum atomic E-state index is -0.616. The van der Waals surface area contributed by atoms with Crippen molar-refractivity contribution in [1.82, 2.24) is 40.4 Å². The van der Waals surface area contributed by atoms with Crippen LogP contribution in [0.2, 0.25) is 0 Å². The summed E-state index contributed by atoms with van der Waals surface area (Å²) in [5, 5.41) is 7.98. The molecule has 3 amide bonds. The van der Waals surface area contributed by atoms with Gasteiger partial charge in [-0.1, -0.05) is 79.7 Å². The van der Waals surface area contributed by atoms with E-state index in [4.69, 9.17) is 9.97 Å². The van der Waals surface area contributed by atoms with Gasteiger partial charge in [-0.15, -0.1) is 0 Å². The molecular weight excluding hydrogens is 717 g/mol. The molecule has 2 aromatic heterocycles. The van der Waals surface area contributed by atoms with Crippen molar-refractivity contribution in [1.29, 1.82) is 0 Å². The number of rotatable bonds is 9. The number of nitrogens with one attached hydrogen (secondary N) is 4. The number of nitrogens with zero attached hydrogens (tertiary/aromatic N) is 4. The summed E-state index contributed by atoms with van der Waals surface area (Å²) in [5.41, 5.74) is 6.90. The van der Waals surface area contributed by atoms with Gasteiger partial charge >= 0.3 is 6.09 Å². The average molecular weight is 765 g/mol. The van der Waals surface area contributed by atoms with Gasteiger partial charge in [0.1, 0.15) is 24.2 Å². The molecule has 1 unspecified atom stereocenters. The number of benzene rings is 4. The van der Waals surface area contributed by atoms with Crippen LogP contribution in [0.25, 0.3) is 44.2 Å². The number of alkyl carbamates (subject to hydrolysis) is 1. The molecule has 2 bridgehead atoms. The van der Waals surface area contributed by atoms with Crippen LogP contribution in [0, 0.1) is 11.8 Å². The normalized spacial score (nSPS) is 23.4. The third-order valence-electron chi connectivity index (χ3n) is 12.8. The minimum Gasteiger partial charge on any atom is -0.453 e. The zero-order chi connectivity index (χ0) is 39.4. The lowest BCUT2D eigenvalue weighted by Crippen LogP contribution is -2.45. The van der Waals surface area contributed by atoms with Crippen molar-refractivity contribution in [2.24, 2.45) is 11.8 Å². The molecule has 2 aliphatic heterocycles. The van der Waals surface area contributed by atoms with Crippen LogP contribution >= 0.6 is 0 Å². The van der Waals surface area contributed by atoms with Crippen molar-refractivity contribution in [3.8, 4) is 22.4 Å². The second kappa shape index (κ2) is 14.8. The molecule has 0 spiro atoms. The number of aromatic amines is 2. The molecule has 7 atom stereocenters. The molecule has 0 radical (unpaired) electrons. The molecule has 9 rings (SSSR count). The monoisotopic (exact) mass is 764 g/mol. The molecule has 4 N–H and O–H groups in total. The zero-order valence-corrected chi connectivity index (χ0v) is 32.7. The molecule has 6 aromatic rings. The third-order valence-corrected chi connectivity index (χ3v) is 12.8. The van der Waals surface area contributed by atoms with E-state index in [0.29, 0.717) is 11.8 Å². The fourth-order valence-electron chi connectivity index (χ4n) is 9.70.